The number of nitrogens with zero attached hydrogens (tertiary/aromatic N) is 5. The van der Waals surface area contributed by atoms with E-state index in [-0.39, 0.29) is 0 Å². The lowest BCUT2D eigenvalue weighted by Crippen LogP contribution is -2.28. The monoisotopic (exact) mass is 887 g/mol. The van der Waals surface area contributed by atoms with Crippen LogP contribution in [0.4, 0.5) is 9.59 Å². The van der Waals surface area contributed by atoms with Crippen molar-refractivity contribution in [2.75, 3.05) is 39.2 Å². The smallest absolute Gasteiger partial charge is 0.435 e. The van der Waals surface area contributed by atoms with Crippen molar-refractivity contribution in [1.29, 1.82) is 0 Å². The van der Waals surface area contributed by atoms with Crippen LogP contribution in [0.2, 0.25) is 0 Å². The van der Waals surface area contributed by atoms with Crippen LogP contribution in [0.5, 0.6) is 11.5 Å². The molecule has 0 unspecified atom stereocenters. The van der Waals surface area contributed by atoms with Gasteiger partial charge in [-0.2, -0.15) is 14.9 Å². The van der Waals surface area contributed by atoms with Gasteiger partial charge in [0.15, 0.2) is 0 Å². The lowest BCUT2D eigenvalue weighted by atomic mass is 10.2. The number of fused-ring (bicyclic) bond motifs is 4. The molecule has 58 heavy (non-hydrogen) atoms. The molecule has 6 aromatic heterocycles. The highest BCUT2D eigenvalue weighted by molar-refractivity contribution is 9.09. The molecule has 0 bridgehead atoms. The predicted molar refractivity (Wildman–Crippen MR) is 236 cm³/mol. The standard InChI is InChI=1S/C25H28BrN3O5S.C17H18N4OS/c1-24(2,3)33-22(30)28-17-8-7-16(32-11-10-26)13-15(17)14-19(28)20-21-18(9-12-35-21)29(27-20)23(31)34-25(4,5)6;1-21(2)6-7-22-12-3-4-13-11(9-12)10-15(18-13)16-17-14(19-20-16)5-8-23-17/h7-9,12-14H,10-11H2,1-6H3;3-5,8-10,18H,6-7H2,1-2H3,(H,19,20). The van der Waals surface area contributed by atoms with E-state index in [1.165, 1.54) is 25.3 Å². The van der Waals surface area contributed by atoms with E-state index in [0.717, 1.165) is 50.2 Å². The van der Waals surface area contributed by atoms with E-state index in [2.05, 4.69) is 70.8 Å². The lowest BCUT2D eigenvalue weighted by molar-refractivity contribution is 0.0520. The molecule has 6 heterocycles. The van der Waals surface area contributed by atoms with Gasteiger partial charge in [-0.3, -0.25) is 5.10 Å². The zero-order valence-corrected chi connectivity index (χ0v) is 36.9. The van der Waals surface area contributed by atoms with Crippen molar-refractivity contribution in [3.8, 4) is 34.3 Å². The molecule has 0 spiro atoms. The van der Waals surface area contributed by atoms with Crippen molar-refractivity contribution >= 4 is 93.0 Å². The van der Waals surface area contributed by atoms with Crippen LogP contribution in [0.15, 0.2) is 71.4 Å². The first-order chi connectivity index (χ1) is 27.6. The summed E-state index contributed by atoms with van der Waals surface area (Å²) in [5, 5.41) is 18.7. The SMILES string of the molecule is CC(C)(C)OC(=O)n1nc(-c2cc3cc(OCCBr)ccc3n2C(=O)OC(C)(C)C)c2sccc21.CN(C)CCOc1ccc2[nH]c(-c3n[nH]c4ccsc34)cc2c1. The Balaban J connectivity index is 0.000000192. The summed E-state index contributed by atoms with van der Waals surface area (Å²) in [7, 11) is 4.08. The number of nitrogens with one attached hydrogen (secondary N) is 2. The molecular formula is C42H46BrN7O6S2. The van der Waals surface area contributed by atoms with E-state index in [4.69, 9.17) is 18.9 Å². The number of aromatic nitrogens is 6. The van der Waals surface area contributed by atoms with Crippen LogP contribution in [0.1, 0.15) is 41.5 Å². The molecule has 2 N–H and O–H groups in total. The van der Waals surface area contributed by atoms with Gasteiger partial charge in [0.1, 0.15) is 40.7 Å². The number of hydrogen-bond acceptors (Lipinski definition) is 11. The number of alkyl halides is 1. The van der Waals surface area contributed by atoms with Crippen LogP contribution in [-0.4, -0.2) is 97.0 Å². The molecule has 0 saturated heterocycles. The van der Waals surface area contributed by atoms with E-state index >= 15 is 0 Å². The molecule has 0 aliphatic rings. The molecule has 8 aromatic rings. The zero-order valence-electron chi connectivity index (χ0n) is 33.6. The summed E-state index contributed by atoms with van der Waals surface area (Å²) >= 11 is 6.50. The Morgan fingerprint density at radius 3 is 2.16 bits per heavy atom. The van der Waals surface area contributed by atoms with Gasteiger partial charge in [0.2, 0.25) is 0 Å². The molecule has 0 aliphatic carbocycles. The van der Waals surface area contributed by atoms with E-state index in [9.17, 15) is 9.59 Å². The fourth-order valence-corrected chi connectivity index (χ4v) is 8.06. The number of ether oxygens (including phenoxy) is 4. The van der Waals surface area contributed by atoms with Crippen molar-refractivity contribution in [1.82, 2.24) is 34.4 Å². The summed E-state index contributed by atoms with van der Waals surface area (Å²) in [5.74, 6) is 1.58. The number of benzene rings is 2. The van der Waals surface area contributed by atoms with Crippen LogP contribution < -0.4 is 9.47 Å². The summed E-state index contributed by atoms with van der Waals surface area (Å²) in [6, 6.07) is 19.5. The van der Waals surface area contributed by atoms with Crippen LogP contribution >= 0.6 is 38.6 Å². The third kappa shape index (κ3) is 9.09. The maximum absolute atomic E-state index is 13.4. The Labute approximate surface area is 351 Å². The van der Waals surface area contributed by atoms with Gasteiger partial charge in [-0.1, -0.05) is 15.9 Å². The third-order valence-electron chi connectivity index (χ3n) is 8.61. The number of hydrogen-bond donors (Lipinski definition) is 2. The second-order valence-electron chi connectivity index (χ2n) is 15.8. The van der Waals surface area contributed by atoms with Gasteiger partial charge < -0.3 is 28.8 Å². The summed E-state index contributed by atoms with van der Waals surface area (Å²) in [6.45, 7) is 13.0. The molecule has 0 saturated carbocycles. The number of thiophene rings is 2. The predicted octanol–water partition coefficient (Wildman–Crippen LogP) is 10.8. The summed E-state index contributed by atoms with van der Waals surface area (Å²) in [6.07, 6.45) is -1.12. The molecule has 2 aromatic carbocycles. The topological polar surface area (TPSA) is 142 Å². The van der Waals surface area contributed by atoms with Gasteiger partial charge in [-0.15, -0.1) is 22.7 Å². The van der Waals surface area contributed by atoms with Crippen LogP contribution in [-0.2, 0) is 9.47 Å². The third-order valence-corrected chi connectivity index (χ3v) is 10.8. The van der Waals surface area contributed by atoms with Crippen LogP contribution in [0.25, 0.3) is 65.0 Å². The number of halogens is 1. The Morgan fingerprint density at radius 2 is 1.43 bits per heavy atom. The zero-order chi connectivity index (χ0) is 41.4. The molecule has 13 nitrogen and oxygen atoms in total. The first kappa shape index (κ1) is 41.0. The van der Waals surface area contributed by atoms with Crippen LogP contribution in [0, 0.1) is 0 Å². The van der Waals surface area contributed by atoms with Crippen molar-refractivity contribution < 1.29 is 28.5 Å². The van der Waals surface area contributed by atoms with E-state index < -0.39 is 23.4 Å². The van der Waals surface area contributed by atoms with Crippen LogP contribution in [0.3, 0.4) is 0 Å². The minimum atomic E-state index is -0.696. The van der Waals surface area contributed by atoms with Gasteiger partial charge in [-0.25, -0.2) is 14.2 Å². The largest absolute Gasteiger partial charge is 0.493 e. The van der Waals surface area contributed by atoms with Gasteiger partial charge in [0, 0.05) is 28.2 Å². The average Bonchev–Trinajstić information content (AvgIpc) is 3.98. The fraction of sp³-hybridized carbons (Fsp3) is 0.333. The van der Waals surface area contributed by atoms with Gasteiger partial charge in [0.05, 0.1) is 43.9 Å². The normalized spacial score (nSPS) is 12.1. The Hall–Kier alpha value is -5.16. The number of aromatic amines is 2. The average molecular weight is 889 g/mol. The summed E-state index contributed by atoms with van der Waals surface area (Å²) in [4.78, 5) is 31.8. The quantitative estimate of drug-likeness (QED) is 0.135. The minimum Gasteiger partial charge on any atom is -0.493 e. The lowest BCUT2D eigenvalue weighted by Gasteiger charge is -2.20. The minimum absolute atomic E-state index is 0.492. The van der Waals surface area contributed by atoms with E-state index in [1.807, 2.05) is 76.6 Å². The van der Waals surface area contributed by atoms with Gasteiger partial charge >= 0.3 is 12.2 Å². The molecule has 0 amide bonds. The molecule has 304 valence electrons. The number of carbonyl (C=O) groups excluding carboxylic acids is 2. The second-order valence-corrected chi connectivity index (χ2v) is 18.4. The molecule has 0 atom stereocenters. The van der Waals surface area contributed by atoms with Gasteiger partial charge in [-0.05, 0) is 127 Å². The number of rotatable bonds is 9. The van der Waals surface area contributed by atoms with Crippen molar-refractivity contribution in [3.05, 3.63) is 71.4 Å². The molecule has 8 rings (SSSR count). The highest BCUT2D eigenvalue weighted by Crippen LogP contribution is 2.38. The highest BCUT2D eigenvalue weighted by atomic mass is 79.9. The molecule has 0 fully saturated rings. The van der Waals surface area contributed by atoms with Crippen molar-refractivity contribution in [3.63, 3.8) is 0 Å². The highest BCUT2D eigenvalue weighted by Gasteiger charge is 2.28. The Morgan fingerprint density at radius 1 is 0.759 bits per heavy atom. The first-order valence-electron chi connectivity index (χ1n) is 18.7. The maximum Gasteiger partial charge on any atom is 0.435 e. The summed E-state index contributed by atoms with van der Waals surface area (Å²) in [5.41, 5.74) is 5.07. The second kappa shape index (κ2) is 16.6. The van der Waals surface area contributed by atoms with E-state index in [1.54, 1.807) is 32.1 Å². The summed E-state index contributed by atoms with van der Waals surface area (Å²) < 4.78 is 27.5. The molecule has 16 heteroatoms. The fourth-order valence-electron chi connectivity index (χ4n) is 6.18. The Kier molecular flexibility index (Phi) is 11.7. The molecule has 0 radical (unpaired) electrons. The van der Waals surface area contributed by atoms with Crippen molar-refractivity contribution in [2.24, 2.45) is 0 Å². The van der Waals surface area contributed by atoms with Gasteiger partial charge in [0.25, 0.3) is 0 Å². The number of likely N-dealkylation sites (N-methyl/N-ethyl adjacent to an activating group) is 1. The Bertz CT molecular complexity index is 2720. The first-order valence-corrected chi connectivity index (χ1v) is 21.6. The maximum atomic E-state index is 13.4. The number of carbonyl (C=O) groups is 2. The van der Waals surface area contributed by atoms with Crippen molar-refractivity contribution in [2.45, 2.75) is 52.7 Å². The number of H-pyrrole nitrogens is 2. The molecular weight excluding hydrogens is 843 g/mol. The van der Waals surface area contributed by atoms with E-state index in [0.29, 0.717) is 46.7 Å². The molecule has 0 aliphatic heterocycles.